The monoisotopic (exact) mass is 721 g/mol. The highest BCUT2D eigenvalue weighted by molar-refractivity contribution is 6.13. The summed E-state index contributed by atoms with van der Waals surface area (Å²) in [5.74, 6) is 0. The molecule has 3 aromatic heterocycles. The third-order valence-electron chi connectivity index (χ3n) is 11.7. The molecule has 2 unspecified atom stereocenters. The first-order valence-corrected chi connectivity index (χ1v) is 18.9. The van der Waals surface area contributed by atoms with E-state index in [0.717, 1.165) is 77.2 Å². The lowest BCUT2D eigenvalue weighted by Crippen LogP contribution is -2.15. The zero-order valence-electron chi connectivity index (χ0n) is 30.2. The van der Waals surface area contributed by atoms with Crippen molar-refractivity contribution in [1.82, 2.24) is 13.7 Å². The van der Waals surface area contributed by atoms with E-state index in [1.807, 2.05) is 48.6 Å². The van der Waals surface area contributed by atoms with Crippen molar-refractivity contribution in [3.8, 4) is 5.69 Å². The molecule has 5 nitrogen and oxygen atoms in total. The first-order chi connectivity index (χ1) is 27.6. The van der Waals surface area contributed by atoms with Crippen LogP contribution in [0.4, 0.5) is 10.1 Å². The Balaban J connectivity index is 1.04. The van der Waals surface area contributed by atoms with Gasteiger partial charge in [0.1, 0.15) is 6.17 Å². The molecule has 0 spiro atoms. The highest BCUT2D eigenvalue weighted by Crippen LogP contribution is 2.43. The van der Waals surface area contributed by atoms with E-state index < -0.39 is 6.17 Å². The minimum absolute atomic E-state index is 0.166. The summed E-state index contributed by atoms with van der Waals surface area (Å²) in [4.78, 5) is 7.60. The molecule has 3 heterocycles. The fourth-order valence-corrected chi connectivity index (χ4v) is 9.33. The number of para-hydroxylation sites is 4. The molecule has 0 amide bonds. The van der Waals surface area contributed by atoms with Crippen molar-refractivity contribution in [2.45, 2.75) is 25.1 Å². The molecule has 264 valence electrons. The van der Waals surface area contributed by atoms with E-state index in [2.05, 4.69) is 127 Å². The number of nitrogens with zero attached hydrogens (tertiary/aromatic N) is 5. The van der Waals surface area contributed by atoms with E-state index in [4.69, 9.17) is 13.1 Å². The summed E-state index contributed by atoms with van der Waals surface area (Å²) in [7, 11) is 0. The van der Waals surface area contributed by atoms with Crippen molar-refractivity contribution >= 4 is 76.8 Å². The number of hydrogen-bond acceptors (Lipinski definition) is 0. The quantitative estimate of drug-likeness (QED) is 0.162. The Kier molecular flexibility index (Phi) is 7.05. The van der Waals surface area contributed by atoms with Gasteiger partial charge in [-0.25, -0.2) is 14.1 Å². The molecule has 0 saturated heterocycles. The fourth-order valence-electron chi connectivity index (χ4n) is 9.33. The van der Waals surface area contributed by atoms with E-state index in [1.165, 1.54) is 10.8 Å². The molecule has 2 aliphatic carbocycles. The van der Waals surface area contributed by atoms with Gasteiger partial charge in [-0.05, 0) is 84.1 Å². The van der Waals surface area contributed by atoms with Crippen LogP contribution < -0.4 is 0 Å². The molecule has 0 radical (unpaired) electrons. The van der Waals surface area contributed by atoms with Gasteiger partial charge >= 0.3 is 0 Å². The largest absolute Gasteiger partial charge is 0.334 e. The Morgan fingerprint density at radius 1 is 0.500 bits per heavy atom. The molecule has 0 bridgehead atoms. The minimum atomic E-state index is -1.19. The van der Waals surface area contributed by atoms with Crippen LogP contribution in [0.3, 0.4) is 0 Å². The predicted molar refractivity (Wildman–Crippen MR) is 228 cm³/mol. The van der Waals surface area contributed by atoms with Crippen LogP contribution in [0, 0.1) is 13.1 Å². The van der Waals surface area contributed by atoms with Gasteiger partial charge in [0.25, 0.3) is 0 Å². The summed E-state index contributed by atoms with van der Waals surface area (Å²) in [5.41, 5.74) is 11.2. The zero-order chi connectivity index (χ0) is 37.5. The number of benzene rings is 6. The normalized spacial score (nSPS) is 17.3. The smallest absolute Gasteiger partial charge is 0.188 e. The average molecular weight is 722 g/mol. The first-order valence-electron chi connectivity index (χ1n) is 18.9. The zero-order valence-corrected chi connectivity index (χ0v) is 30.2. The Morgan fingerprint density at radius 2 is 1.04 bits per heavy atom. The lowest BCUT2D eigenvalue weighted by molar-refractivity contribution is 0.395. The molecule has 0 aliphatic heterocycles. The maximum absolute atomic E-state index is 16.1. The number of hydrogen-bond donors (Lipinski definition) is 0. The molecule has 56 heavy (non-hydrogen) atoms. The van der Waals surface area contributed by atoms with Crippen molar-refractivity contribution < 1.29 is 4.39 Å². The molecule has 2 atom stereocenters. The molecule has 9 aromatic rings. The summed E-state index contributed by atoms with van der Waals surface area (Å²) in [6, 6.07) is 45.9. The molecule has 0 saturated carbocycles. The second-order valence-electron chi connectivity index (χ2n) is 14.7. The highest BCUT2D eigenvalue weighted by atomic mass is 19.1. The topological polar surface area (TPSA) is 23.5 Å². The van der Waals surface area contributed by atoms with Crippen LogP contribution in [0.5, 0.6) is 0 Å². The summed E-state index contributed by atoms with van der Waals surface area (Å²) in [5, 5.41) is 6.71. The van der Waals surface area contributed by atoms with E-state index >= 15 is 4.39 Å². The van der Waals surface area contributed by atoms with Gasteiger partial charge in [-0.15, -0.1) is 0 Å². The third-order valence-corrected chi connectivity index (χ3v) is 11.7. The van der Waals surface area contributed by atoms with Crippen LogP contribution in [0.15, 0.2) is 175 Å². The Labute approximate surface area is 322 Å². The molecule has 2 aliphatic rings. The van der Waals surface area contributed by atoms with E-state index in [-0.39, 0.29) is 12.5 Å². The van der Waals surface area contributed by atoms with Crippen molar-refractivity contribution in [3.05, 3.63) is 197 Å². The number of alkyl halides is 1. The molecule has 11 rings (SSSR count). The number of aromatic nitrogens is 3. The second kappa shape index (κ2) is 12.3. The molecule has 0 N–H and O–H groups in total. The van der Waals surface area contributed by atoms with Gasteiger partial charge in [0.05, 0.1) is 35.2 Å². The van der Waals surface area contributed by atoms with Crippen molar-refractivity contribution in [2.75, 3.05) is 0 Å². The Hall–Kier alpha value is -7.41. The van der Waals surface area contributed by atoms with E-state index in [9.17, 15) is 0 Å². The summed E-state index contributed by atoms with van der Waals surface area (Å²) < 4.78 is 23.0. The highest BCUT2D eigenvalue weighted by Gasteiger charge is 2.27. The van der Waals surface area contributed by atoms with Gasteiger partial charge in [-0.2, -0.15) is 0 Å². The molecular formula is C50H32FN5. The molecule has 0 fully saturated rings. The van der Waals surface area contributed by atoms with Gasteiger partial charge in [0.15, 0.2) is 11.4 Å². The van der Waals surface area contributed by atoms with Gasteiger partial charge in [0, 0.05) is 61.8 Å². The van der Waals surface area contributed by atoms with Crippen molar-refractivity contribution in [1.29, 1.82) is 0 Å². The van der Waals surface area contributed by atoms with E-state index in [1.54, 1.807) is 6.08 Å². The Morgan fingerprint density at radius 3 is 1.71 bits per heavy atom. The lowest BCUT2D eigenvalue weighted by atomic mass is 9.87. The van der Waals surface area contributed by atoms with Crippen molar-refractivity contribution in [3.63, 3.8) is 0 Å². The summed E-state index contributed by atoms with van der Waals surface area (Å²) in [6.07, 6.45) is 7.50. The number of rotatable bonds is 4. The number of fused-ring (bicyclic) bond motifs is 9. The number of allylic oxidation sites excluding steroid dienone is 7. The first kappa shape index (κ1) is 32.1. The van der Waals surface area contributed by atoms with E-state index in [0.29, 0.717) is 17.8 Å². The minimum Gasteiger partial charge on any atom is -0.334 e. The maximum atomic E-state index is 16.1. The van der Waals surface area contributed by atoms with Gasteiger partial charge in [0.2, 0.25) is 0 Å². The maximum Gasteiger partial charge on any atom is 0.188 e. The van der Waals surface area contributed by atoms with Crippen LogP contribution in [0.2, 0.25) is 0 Å². The third kappa shape index (κ3) is 4.76. The van der Waals surface area contributed by atoms with Crippen LogP contribution in [-0.2, 0) is 0 Å². The second-order valence-corrected chi connectivity index (χ2v) is 14.7. The SMILES string of the molecule is [C-]#[N+]C1=CC(n2c3ccccc3c3cc([N+]#[C-])ccc32)CC(C2=CC(n3c4ccccc4c4cc(-n5c6ccccc6c6ccccc65)ccc43)=CC(F)C2)=C1. The van der Waals surface area contributed by atoms with Gasteiger partial charge in [-0.1, -0.05) is 96.6 Å². The van der Waals surface area contributed by atoms with Gasteiger partial charge in [-0.3, -0.25) is 0 Å². The van der Waals surface area contributed by atoms with Crippen LogP contribution >= 0.6 is 0 Å². The summed E-state index contributed by atoms with van der Waals surface area (Å²) in [6.45, 7) is 15.7. The van der Waals surface area contributed by atoms with Crippen LogP contribution in [0.25, 0.3) is 86.5 Å². The predicted octanol–water partition coefficient (Wildman–Crippen LogP) is 13.4. The average Bonchev–Trinajstić information content (AvgIpc) is 3.88. The van der Waals surface area contributed by atoms with Gasteiger partial charge < -0.3 is 13.7 Å². The summed E-state index contributed by atoms with van der Waals surface area (Å²) >= 11 is 0. The standard InChI is InChI=1S/C50H32FN5/c1-52-34-19-21-49-43(29-34)41-13-5-9-17-47(41)56(49)38-26-32(24-35(28-38)53-2)31-23-33(51)27-37(25-31)55-48-18-10-6-14-42(48)44-30-36(20-22-50(44)55)54-45-15-7-3-11-39(45)40-12-4-8-16-46(40)54/h3-22,24-25,27-30,33,38H,23,26H2. The van der Waals surface area contributed by atoms with Crippen molar-refractivity contribution in [2.24, 2.45) is 0 Å². The lowest BCUT2D eigenvalue weighted by Gasteiger charge is -2.27. The molecule has 6 aromatic carbocycles. The van der Waals surface area contributed by atoms with Crippen LogP contribution in [-0.4, -0.2) is 19.9 Å². The number of halogens is 1. The molecule has 6 heteroatoms. The molecular weight excluding hydrogens is 690 g/mol. The van der Waals surface area contributed by atoms with Crippen LogP contribution in [0.1, 0.15) is 18.9 Å². The Bertz CT molecular complexity index is 3310. The fraction of sp³-hybridized carbons (Fsp3) is 0.0800.